The largest absolute Gasteiger partial charge is 0.497 e. The summed E-state index contributed by atoms with van der Waals surface area (Å²) in [7, 11) is 3.27. The number of benzene rings is 2. The van der Waals surface area contributed by atoms with Crippen LogP contribution in [0.5, 0.6) is 11.5 Å². The maximum Gasteiger partial charge on any atom is 0.253 e. The van der Waals surface area contributed by atoms with Gasteiger partial charge < -0.3 is 14.4 Å². The number of hydrogen-bond donors (Lipinski definition) is 0. The van der Waals surface area contributed by atoms with Crippen molar-refractivity contribution >= 4 is 5.91 Å². The molecule has 1 heterocycles. The summed E-state index contributed by atoms with van der Waals surface area (Å²) in [5, 5.41) is 0. The van der Waals surface area contributed by atoms with Gasteiger partial charge in [-0.2, -0.15) is 0 Å². The van der Waals surface area contributed by atoms with Crippen LogP contribution < -0.4 is 9.47 Å². The summed E-state index contributed by atoms with van der Waals surface area (Å²) in [5.74, 6) is 1.55. The van der Waals surface area contributed by atoms with Gasteiger partial charge in [-0.05, 0) is 50.6 Å². The molecule has 1 saturated heterocycles. The SMILES string of the molecule is COc1ccc(-c2cccc(C(=O)N3CCN(C(C)(C)C)CC3)c2)c(OC)c1. The summed E-state index contributed by atoms with van der Waals surface area (Å²) in [4.78, 5) is 17.4. The van der Waals surface area contributed by atoms with Gasteiger partial charge in [0.2, 0.25) is 0 Å². The van der Waals surface area contributed by atoms with E-state index in [9.17, 15) is 4.79 Å². The van der Waals surface area contributed by atoms with Crippen molar-refractivity contribution in [2.75, 3.05) is 40.4 Å². The molecule has 1 fully saturated rings. The number of amides is 1. The predicted molar refractivity (Wildman–Crippen MR) is 112 cm³/mol. The topological polar surface area (TPSA) is 42.0 Å². The molecular weight excluding hydrogens is 352 g/mol. The Bertz CT molecular complexity index is 834. The van der Waals surface area contributed by atoms with Gasteiger partial charge in [-0.1, -0.05) is 12.1 Å². The number of piperazine rings is 1. The first-order valence-electron chi connectivity index (χ1n) is 9.70. The molecular formula is C23H30N2O3. The number of hydrogen-bond acceptors (Lipinski definition) is 4. The molecule has 0 saturated carbocycles. The van der Waals surface area contributed by atoms with Gasteiger partial charge in [-0.15, -0.1) is 0 Å². The fraction of sp³-hybridized carbons (Fsp3) is 0.435. The van der Waals surface area contributed by atoms with E-state index < -0.39 is 0 Å². The van der Waals surface area contributed by atoms with Crippen molar-refractivity contribution in [3.63, 3.8) is 0 Å². The molecule has 150 valence electrons. The second-order valence-electron chi connectivity index (χ2n) is 8.10. The van der Waals surface area contributed by atoms with Crippen LogP contribution in [0.1, 0.15) is 31.1 Å². The molecule has 1 aliphatic heterocycles. The lowest BCUT2D eigenvalue weighted by molar-refractivity contribution is 0.0451. The normalized spacial score (nSPS) is 15.4. The highest BCUT2D eigenvalue weighted by atomic mass is 16.5. The van der Waals surface area contributed by atoms with Crippen molar-refractivity contribution in [3.8, 4) is 22.6 Å². The average molecular weight is 383 g/mol. The first kappa shape index (κ1) is 20.2. The molecule has 1 aliphatic rings. The van der Waals surface area contributed by atoms with Gasteiger partial charge in [0.05, 0.1) is 14.2 Å². The zero-order valence-electron chi connectivity index (χ0n) is 17.5. The first-order valence-corrected chi connectivity index (χ1v) is 9.70. The van der Waals surface area contributed by atoms with E-state index in [1.165, 1.54) is 0 Å². The standard InChI is InChI=1S/C23H30N2O3/c1-23(2,3)25-13-11-24(12-14-25)22(26)18-8-6-7-17(15-18)20-10-9-19(27-4)16-21(20)28-5/h6-10,15-16H,11-14H2,1-5H3. The molecule has 0 spiro atoms. The van der Waals surface area contributed by atoms with Crippen molar-refractivity contribution in [2.45, 2.75) is 26.3 Å². The number of methoxy groups -OCH3 is 2. The van der Waals surface area contributed by atoms with Crippen molar-refractivity contribution in [2.24, 2.45) is 0 Å². The van der Waals surface area contributed by atoms with Gasteiger partial charge >= 0.3 is 0 Å². The maximum absolute atomic E-state index is 13.1. The third-order valence-corrected chi connectivity index (χ3v) is 5.34. The number of carbonyl (C=O) groups excluding carboxylic acids is 1. The molecule has 0 aliphatic carbocycles. The third-order valence-electron chi connectivity index (χ3n) is 5.34. The summed E-state index contributed by atoms with van der Waals surface area (Å²) in [6, 6.07) is 13.5. The van der Waals surface area contributed by atoms with Crippen molar-refractivity contribution in [1.29, 1.82) is 0 Å². The van der Waals surface area contributed by atoms with Gasteiger partial charge in [0.15, 0.2) is 0 Å². The summed E-state index contributed by atoms with van der Waals surface area (Å²) in [6.45, 7) is 9.98. The van der Waals surface area contributed by atoms with E-state index in [2.05, 4.69) is 25.7 Å². The molecule has 2 aromatic carbocycles. The molecule has 0 radical (unpaired) electrons. The molecule has 5 heteroatoms. The third kappa shape index (κ3) is 4.30. The van der Waals surface area contributed by atoms with E-state index in [-0.39, 0.29) is 11.4 Å². The van der Waals surface area contributed by atoms with E-state index in [1.54, 1.807) is 14.2 Å². The van der Waals surface area contributed by atoms with E-state index in [0.29, 0.717) is 5.56 Å². The lowest BCUT2D eigenvalue weighted by Crippen LogP contribution is -2.54. The van der Waals surface area contributed by atoms with Crippen LogP contribution in [0.15, 0.2) is 42.5 Å². The summed E-state index contributed by atoms with van der Waals surface area (Å²) < 4.78 is 10.8. The first-order chi connectivity index (χ1) is 13.3. The lowest BCUT2D eigenvalue weighted by atomic mass is 10.0. The Kier molecular flexibility index (Phi) is 5.94. The van der Waals surface area contributed by atoms with E-state index >= 15 is 0 Å². The molecule has 2 aromatic rings. The van der Waals surface area contributed by atoms with Crippen LogP contribution in [0.2, 0.25) is 0 Å². The fourth-order valence-corrected chi connectivity index (χ4v) is 3.62. The van der Waals surface area contributed by atoms with E-state index in [4.69, 9.17) is 9.47 Å². The summed E-state index contributed by atoms with van der Waals surface area (Å²) in [5.41, 5.74) is 2.74. The van der Waals surface area contributed by atoms with Gasteiger partial charge in [-0.25, -0.2) is 0 Å². The quantitative estimate of drug-likeness (QED) is 0.804. The highest BCUT2D eigenvalue weighted by molar-refractivity contribution is 5.95. The Balaban J connectivity index is 1.80. The zero-order chi connectivity index (χ0) is 20.3. The van der Waals surface area contributed by atoms with E-state index in [1.807, 2.05) is 47.4 Å². The Morgan fingerprint density at radius 3 is 2.25 bits per heavy atom. The van der Waals surface area contributed by atoms with Crippen LogP contribution in [-0.2, 0) is 0 Å². The molecule has 1 amide bonds. The molecule has 28 heavy (non-hydrogen) atoms. The van der Waals surface area contributed by atoms with Crippen LogP contribution in [-0.4, -0.2) is 61.6 Å². The Hall–Kier alpha value is -2.53. The highest BCUT2D eigenvalue weighted by Gasteiger charge is 2.28. The van der Waals surface area contributed by atoms with Crippen LogP contribution >= 0.6 is 0 Å². The second kappa shape index (κ2) is 8.23. The van der Waals surface area contributed by atoms with Crippen LogP contribution in [0, 0.1) is 0 Å². The van der Waals surface area contributed by atoms with E-state index in [0.717, 1.165) is 48.8 Å². The van der Waals surface area contributed by atoms with Gasteiger partial charge in [0.25, 0.3) is 5.91 Å². The monoisotopic (exact) mass is 382 g/mol. The number of rotatable bonds is 4. The molecule has 0 atom stereocenters. The van der Waals surface area contributed by atoms with Gasteiger partial charge in [-0.3, -0.25) is 9.69 Å². The lowest BCUT2D eigenvalue weighted by Gasteiger charge is -2.42. The summed E-state index contributed by atoms with van der Waals surface area (Å²) >= 11 is 0. The van der Waals surface area contributed by atoms with Crippen LogP contribution in [0.25, 0.3) is 11.1 Å². The molecule has 5 nitrogen and oxygen atoms in total. The maximum atomic E-state index is 13.1. The fourth-order valence-electron chi connectivity index (χ4n) is 3.62. The zero-order valence-corrected chi connectivity index (χ0v) is 17.5. The van der Waals surface area contributed by atoms with Crippen LogP contribution in [0.4, 0.5) is 0 Å². The molecule has 0 bridgehead atoms. The van der Waals surface area contributed by atoms with Crippen molar-refractivity contribution in [1.82, 2.24) is 9.80 Å². The molecule has 0 N–H and O–H groups in total. The molecule has 3 rings (SSSR count). The average Bonchev–Trinajstić information content (AvgIpc) is 2.72. The smallest absolute Gasteiger partial charge is 0.253 e. The summed E-state index contributed by atoms with van der Waals surface area (Å²) in [6.07, 6.45) is 0. The second-order valence-corrected chi connectivity index (χ2v) is 8.10. The Morgan fingerprint density at radius 1 is 0.929 bits per heavy atom. The highest BCUT2D eigenvalue weighted by Crippen LogP contribution is 2.33. The predicted octanol–water partition coefficient (Wildman–Crippen LogP) is 3.93. The minimum absolute atomic E-state index is 0.0860. The molecule has 0 aromatic heterocycles. The van der Waals surface area contributed by atoms with Crippen molar-refractivity contribution in [3.05, 3.63) is 48.0 Å². The minimum atomic E-state index is 0.0860. The van der Waals surface area contributed by atoms with Crippen LogP contribution in [0.3, 0.4) is 0 Å². The number of nitrogens with zero attached hydrogens (tertiary/aromatic N) is 2. The molecule has 0 unspecified atom stereocenters. The van der Waals surface area contributed by atoms with Gasteiger partial charge in [0.1, 0.15) is 11.5 Å². The number of ether oxygens (including phenoxy) is 2. The Labute approximate surface area is 167 Å². The number of carbonyl (C=O) groups is 1. The Morgan fingerprint density at radius 2 is 1.64 bits per heavy atom. The van der Waals surface area contributed by atoms with Crippen molar-refractivity contribution < 1.29 is 14.3 Å². The van der Waals surface area contributed by atoms with Gasteiger partial charge in [0, 0.05) is 48.9 Å². The minimum Gasteiger partial charge on any atom is -0.497 e.